The number of anilines is 2. The van der Waals surface area contributed by atoms with E-state index < -0.39 is 0 Å². The number of hydrogen-bond acceptors (Lipinski definition) is 5. The van der Waals surface area contributed by atoms with Crippen molar-refractivity contribution in [3.8, 4) is 0 Å². The summed E-state index contributed by atoms with van der Waals surface area (Å²) in [5, 5.41) is 11.1. The maximum Gasteiger partial charge on any atom is 0.228 e. The molecule has 3 rings (SSSR count). The third-order valence-corrected chi connectivity index (χ3v) is 3.92. The first-order valence-electron chi connectivity index (χ1n) is 7.30. The van der Waals surface area contributed by atoms with Crippen LogP contribution in [0.2, 0.25) is 0 Å². The maximum atomic E-state index is 12.1. The van der Waals surface area contributed by atoms with Gasteiger partial charge in [0.2, 0.25) is 5.91 Å². The summed E-state index contributed by atoms with van der Waals surface area (Å²) < 4.78 is 5.26. The minimum absolute atomic E-state index is 0.0246. The minimum atomic E-state index is 0.0246. The van der Waals surface area contributed by atoms with Crippen molar-refractivity contribution >= 4 is 17.5 Å². The van der Waals surface area contributed by atoms with Crippen molar-refractivity contribution in [3.63, 3.8) is 0 Å². The average Bonchev–Trinajstić information content (AvgIpc) is 3.03. The molecule has 0 bridgehead atoms. The molecule has 0 spiro atoms. The Morgan fingerprint density at radius 1 is 1.20 bits per heavy atom. The normalized spacial score (nSPS) is 20.1. The first kappa shape index (κ1) is 13.3. The van der Waals surface area contributed by atoms with E-state index in [1.165, 1.54) is 12.8 Å². The van der Waals surface area contributed by atoms with E-state index >= 15 is 0 Å². The predicted molar refractivity (Wildman–Crippen MR) is 75.7 cm³/mol. The maximum absolute atomic E-state index is 12.1. The van der Waals surface area contributed by atoms with Gasteiger partial charge in [-0.15, -0.1) is 10.2 Å². The minimum Gasteiger partial charge on any atom is -0.381 e. The van der Waals surface area contributed by atoms with Crippen LogP contribution in [-0.2, 0) is 9.53 Å². The Hall–Kier alpha value is -1.69. The molecule has 0 radical (unpaired) electrons. The molecule has 1 aromatic heterocycles. The van der Waals surface area contributed by atoms with E-state index in [1.807, 2.05) is 12.1 Å². The number of ether oxygens (including phenoxy) is 1. The standard InChI is InChI=1S/C14H20N4O2/c19-14(11-5-9-20-10-6-11)15-12-3-4-13(17-16-12)18-7-1-2-8-18/h3-4,11H,1-2,5-10H2,(H,15,16,19). The lowest BCUT2D eigenvalue weighted by Crippen LogP contribution is -2.29. The van der Waals surface area contributed by atoms with Gasteiger partial charge in [-0.05, 0) is 37.8 Å². The van der Waals surface area contributed by atoms with Gasteiger partial charge in [0.1, 0.15) is 0 Å². The lowest BCUT2D eigenvalue weighted by molar-refractivity contribution is -0.122. The third kappa shape index (κ3) is 3.07. The predicted octanol–water partition coefficient (Wildman–Crippen LogP) is 1.44. The van der Waals surface area contributed by atoms with Gasteiger partial charge in [-0.25, -0.2) is 0 Å². The Balaban J connectivity index is 1.58. The zero-order valence-corrected chi connectivity index (χ0v) is 11.5. The highest BCUT2D eigenvalue weighted by atomic mass is 16.5. The fourth-order valence-corrected chi connectivity index (χ4v) is 2.69. The topological polar surface area (TPSA) is 67.4 Å². The molecular formula is C14H20N4O2. The smallest absolute Gasteiger partial charge is 0.228 e. The molecule has 3 heterocycles. The van der Waals surface area contributed by atoms with Gasteiger partial charge in [-0.2, -0.15) is 0 Å². The summed E-state index contributed by atoms with van der Waals surface area (Å²) in [7, 11) is 0. The summed E-state index contributed by atoms with van der Waals surface area (Å²) in [4.78, 5) is 14.3. The van der Waals surface area contributed by atoms with Gasteiger partial charge in [0.15, 0.2) is 11.6 Å². The SMILES string of the molecule is O=C(Nc1ccc(N2CCCC2)nn1)C1CCOCC1. The van der Waals surface area contributed by atoms with Gasteiger partial charge in [0, 0.05) is 32.2 Å². The first-order chi connectivity index (χ1) is 9.83. The largest absolute Gasteiger partial charge is 0.381 e. The fraction of sp³-hybridized carbons (Fsp3) is 0.643. The second kappa shape index (κ2) is 6.17. The summed E-state index contributed by atoms with van der Waals surface area (Å²) >= 11 is 0. The highest BCUT2D eigenvalue weighted by molar-refractivity contribution is 5.91. The van der Waals surface area contributed by atoms with E-state index in [9.17, 15) is 4.79 Å². The molecule has 0 atom stereocenters. The quantitative estimate of drug-likeness (QED) is 0.905. The van der Waals surface area contributed by atoms with Crippen LogP contribution in [-0.4, -0.2) is 42.4 Å². The number of carbonyl (C=O) groups excluding carboxylic acids is 1. The van der Waals surface area contributed by atoms with Crippen molar-refractivity contribution in [2.24, 2.45) is 5.92 Å². The van der Waals surface area contributed by atoms with Crippen LogP contribution in [0.25, 0.3) is 0 Å². The number of hydrogen-bond donors (Lipinski definition) is 1. The van der Waals surface area contributed by atoms with Gasteiger partial charge < -0.3 is 15.0 Å². The molecule has 108 valence electrons. The second-order valence-corrected chi connectivity index (χ2v) is 5.35. The molecular weight excluding hydrogens is 256 g/mol. The molecule has 20 heavy (non-hydrogen) atoms. The zero-order valence-electron chi connectivity index (χ0n) is 11.5. The van der Waals surface area contributed by atoms with Gasteiger partial charge in [-0.1, -0.05) is 0 Å². The zero-order chi connectivity index (χ0) is 13.8. The fourth-order valence-electron chi connectivity index (χ4n) is 2.69. The molecule has 1 amide bonds. The number of nitrogens with one attached hydrogen (secondary N) is 1. The summed E-state index contributed by atoms with van der Waals surface area (Å²) in [6.45, 7) is 3.42. The lowest BCUT2D eigenvalue weighted by atomic mass is 9.99. The molecule has 0 aliphatic carbocycles. The van der Waals surface area contributed by atoms with Crippen LogP contribution in [0.4, 0.5) is 11.6 Å². The van der Waals surface area contributed by atoms with E-state index in [0.29, 0.717) is 19.0 Å². The molecule has 6 nitrogen and oxygen atoms in total. The molecule has 2 aliphatic rings. The molecule has 6 heteroatoms. The molecule has 2 aliphatic heterocycles. The first-order valence-corrected chi connectivity index (χ1v) is 7.30. The van der Waals surface area contributed by atoms with Crippen molar-refractivity contribution < 1.29 is 9.53 Å². The summed E-state index contributed by atoms with van der Waals surface area (Å²) in [6.07, 6.45) is 3.99. The third-order valence-electron chi connectivity index (χ3n) is 3.92. The molecule has 1 N–H and O–H groups in total. The number of rotatable bonds is 3. The Labute approximate surface area is 118 Å². The number of aromatic nitrogens is 2. The van der Waals surface area contributed by atoms with Crippen LogP contribution >= 0.6 is 0 Å². The average molecular weight is 276 g/mol. The van der Waals surface area contributed by atoms with E-state index in [1.54, 1.807) is 0 Å². The highest BCUT2D eigenvalue weighted by Gasteiger charge is 2.22. The molecule has 0 unspecified atom stereocenters. The Bertz CT molecular complexity index is 451. The summed E-state index contributed by atoms with van der Waals surface area (Å²) in [5.74, 6) is 1.48. The molecule has 0 saturated carbocycles. The van der Waals surface area contributed by atoms with Gasteiger partial charge in [0.05, 0.1) is 0 Å². The summed E-state index contributed by atoms with van der Waals surface area (Å²) in [6, 6.07) is 3.76. The molecule has 2 saturated heterocycles. The molecule has 1 aromatic rings. The van der Waals surface area contributed by atoms with Crippen LogP contribution in [0, 0.1) is 5.92 Å². The Kier molecular flexibility index (Phi) is 4.11. The van der Waals surface area contributed by atoms with Crippen LogP contribution in [0.5, 0.6) is 0 Å². The van der Waals surface area contributed by atoms with Crippen molar-refractivity contribution in [1.29, 1.82) is 0 Å². The monoisotopic (exact) mass is 276 g/mol. The Morgan fingerprint density at radius 3 is 2.60 bits per heavy atom. The van der Waals surface area contributed by atoms with Crippen molar-refractivity contribution in [1.82, 2.24) is 10.2 Å². The van der Waals surface area contributed by atoms with E-state index in [4.69, 9.17) is 4.74 Å². The van der Waals surface area contributed by atoms with Crippen LogP contribution in [0.1, 0.15) is 25.7 Å². The summed E-state index contributed by atoms with van der Waals surface area (Å²) in [5.41, 5.74) is 0. The number of nitrogens with zero attached hydrogens (tertiary/aromatic N) is 3. The van der Waals surface area contributed by atoms with Crippen molar-refractivity contribution in [2.45, 2.75) is 25.7 Å². The van der Waals surface area contributed by atoms with Crippen LogP contribution < -0.4 is 10.2 Å². The molecule has 0 aromatic carbocycles. The van der Waals surface area contributed by atoms with Gasteiger partial charge in [0.25, 0.3) is 0 Å². The van der Waals surface area contributed by atoms with Gasteiger partial charge in [-0.3, -0.25) is 4.79 Å². The lowest BCUT2D eigenvalue weighted by Gasteiger charge is -2.21. The van der Waals surface area contributed by atoms with E-state index in [2.05, 4.69) is 20.4 Å². The second-order valence-electron chi connectivity index (χ2n) is 5.35. The highest BCUT2D eigenvalue weighted by Crippen LogP contribution is 2.19. The van der Waals surface area contributed by atoms with Crippen LogP contribution in [0.3, 0.4) is 0 Å². The Morgan fingerprint density at radius 2 is 1.95 bits per heavy atom. The number of amides is 1. The number of carbonyl (C=O) groups is 1. The van der Waals surface area contributed by atoms with E-state index in [0.717, 1.165) is 31.7 Å². The van der Waals surface area contributed by atoms with Crippen LogP contribution in [0.15, 0.2) is 12.1 Å². The van der Waals surface area contributed by atoms with E-state index in [-0.39, 0.29) is 11.8 Å². The van der Waals surface area contributed by atoms with Gasteiger partial charge >= 0.3 is 0 Å². The molecule has 2 fully saturated rings. The van der Waals surface area contributed by atoms with Crippen molar-refractivity contribution in [2.75, 3.05) is 36.5 Å². The van der Waals surface area contributed by atoms with Crippen molar-refractivity contribution in [3.05, 3.63) is 12.1 Å².